The topological polar surface area (TPSA) is 143 Å². The lowest BCUT2D eigenvalue weighted by Gasteiger charge is -2.36. The number of nitrogens with zero attached hydrogens (tertiary/aromatic N) is 1. The fraction of sp³-hybridized carbons (Fsp3) is 0.733. The second kappa shape index (κ2) is 7.33. The number of fused-ring (bicyclic) bond motifs is 1. The summed E-state index contributed by atoms with van der Waals surface area (Å²) in [4.78, 5) is 47.9. The van der Waals surface area contributed by atoms with Gasteiger partial charge < -0.3 is 23.8 Å². The van der Waals surface area contributed by atoms with Gasteiger partial charge in [0.05, 0.1) is 13.0 Å². The van der Waals surface area contributed by atoms with E-state index in [-0.39, 0.29) is 13.0 Å². The summed E-state index contributed by atoms with van der Waals surface area (Å²) in [6, 6.07) is -1.54. The summed E-state index contributed by atoms with van der Waals surface area (Å²) in [5.41, 5.74) is 0. The largest absolute Gasteiger partial charge is 0.511 e. The normalized spacial score (nSPS) is 29.2. The van der Waals surface area contributed by atoms with Crippen LogP contribution >= 0.6 is 0 Å². The van der Waals surface area contributed by atoms with Crippen molar-refractivity contribution in [1.82, 2.24) is 4.90 Å². The molecular weight excluding hydrogens is 386 g/mol. The van der Waals surface area contributed by atoms with Crippen molar-refractivity contribution in [3.8, 4) is 0 Å². The molecule has 11 nitrogen and oxygen atoms in total. The quantitative estimate of drug-likeness (QED) is 0.250. The van der Waals surface area contributed by atoms with Gasteiger partial charge in [0.1, 0.15) is 16.7 Å². The van der Waals surface area contributed by atoms with Gasteiger partial charge in [-0.1, -0.05) is 0 Å². The summed E-state index contributed by atoms with van der Waals surface area (Å²) in [7, 11) is -4.02. The van der Waals surface area contributed by atoms with E-state index in [9.17, 15) is 27.6 Å². The Morgan fingerprint density at radius 2 is 1.89 bits per heavy atom. The lowest BCUT2D eigenvalue weighted by Crippen LogP contribution is -2.59. The Bertz CT molecular complexity index is 763. The predicted octanol–water partition coefficient (Wildman–Crippen LogP) is -0.274. The van der Waals surface area contributed by atoms with Crippen LogP contribution in [0.5, 0.6) is 0 Å². The second-order valence-corrected chi connectivity index (χ2v) is 8.87. The van der Waals surface area contributed by atoms with Gasteiger partial charge in [0.15, 0.2) is 15.9 Å². The number of hydrogen-bond acceptors (Lipinski definition) is 10. The Balaban J connectivity index is 2.24. The Morgan fingerprint density at radius 1 is 1.26 bits per heavy atom. The van der Waals surface area contributed by atoms with E-state index in [1.807, 2.05) is 0 Å². The summed E-state index contributed by atoms with van der Waals surface area (Å²) in [5.74, 6) is -2.38. The smallest absolute Gasteiger partial charge is 0.464 e. The van der Waals surface area contributed by atoms with Crippen LogP contribution in [0, 0.1) is 0 Å². The molecule has 0 aromatic carbocycles. The second-order valence-electron chi connectivity index (χ2n) is 6.31. The highest BCUT2D eigenvalue weighted by Crippen LogP contribution is 2.46. The van der Waals surface area contributed by atoms with E-state index in [1.54, 1.807) is 6.92 Å². The Morgan fingerprint density at radius 3 is 2.41 bits per heavy atom. The lowest BCUT2D eigenvalue weighted by molar-refractivity contribution is -0.180. The van der Waals surface area contributed by atoms with E-state index in [2.05, 4.69) is 4.74 Å². The summed E-state index contributed by atoms with van der Waals surface area (Å²) < 4.78 is 42.8. The van der Waals surface area contributed by atoms with Crippen molar-refractivity contribution in [3.05, 3.63) is 0 Å². The zero-order valence-electron chi connectivity index (χ0n) is 15.3. The molecule has 12 heteroatoms. The molecule has 1 amide bonds. The molecule has 0 aromatic rings. The molecule has 2 rings (SSSR count). The van der Waals surface area contributed by atoms with Gasteiger partial charge >= 0.3 is 18.1 Å². The number of ether oxygens (including phenoxy) is 4. The van der Waals surface area contributed by atoms with Crippen LogP contribution in [0.1, 0.15) is 34.1 Å². The molecule has 2 heterocycles. The lowest BCUT2D eigenvalue weighted by atomic mass is 9.97. The molecule has 0 aliphatic carbocycles. The highest BCUT2D eigenvalue weighted by atomic mass is 32.2. The fourth-order valence-corrected chi connectivity index (χ4v) is 5.31. The molecule has 0 spiro atoms. The molecule has 27 heavy (non-hydrogen) atoms. The molecule has 2 fully saturated rings. The molecule has 2 aliphatic heterocycles. The van der Waals surface area contributed by atoms with Crippen molar-refractivity contribution in [2.45, 2.75) is 56.6 Å². The minimum atomic E-state index is -4.02. The van der Waals surface area contributed by atoms with Gasteiger partial charge in [-0.3, -0.25) is 9.59 Å². The van der Waals surface area contributed by atoms with Gasteiger partial charge in [-0.2, -0.15) is 0 Å². The van der Waals surface area contributed by atoms with Crippen molar-refractivity contribution < 1.29 is 46.5 Å². The Labute approximate surface area is 155 Å². The molecule has 2 saturated heterocycles. The van der Waals surface area contributed by atoms with Crippen molar-refractivity contribution in [3.63, 3.8) is 0 Å². The first-order valence-corrected chi connectivity index (χ1v) is 9.72. The molecule has 0 N–H and O–H groups in total. The van der Waals surface area contributed by atoms with Crippen LogP contribution in [0.3, 0.4) is 0 Å². The Kier molecular flexibility index (Phi) is 5.68. The molecular formula is C15H21NO10S. The number of amides is 1. The zero-order chi connectivity index (χ0) is 20.6. The monoisotopic (exact) mass is 407 g/mol. The van der Waals surface area contributed by atoms with Crippen molar-refractivity contribution in [2.75, 3.05) is 13.2 Å². The minimum absolute atomic E-state index is 0.0464. The first-order chi connectivity index (χ1) is 12.5. The molecule has 152 valence electrons. The summed E-state index contributed by atoms with van der Waals surface area (Å²) >= 11 is 0. The van der Waals surface area contributed by atoms with Crippen LogP contribution in [-0.2, 0) is 43.2 Å². The minimum Gasteiger partial charge on any atom is -0.464 e. The third-order valence-corrected chi connectivity index (χ3v) is 7.16. The number of carbonyl (C=O) groups excluding carboxylic acids is 4. The van der Waals surface area contributed by atoms with Crippen LogP contribution in [0.4, 0.5) is 4.79 Å². The first-order valence-electron chi connectivity index (χ1n) is 8.17. The maximum Gasteiger partial charge on any atom is 0.511 e. The SMILES string of the molecule is CCOC(=O)OC(C)OC(=O)[C@@H]1N2C(=O)C[C@H]2S(=O)(=O)[C@@]1(C)COC(C)=O. The van der Waals surface area contributed by atoms with Crippen LogP contribution in [0.2, 0.25) is 0 Å². The van der Waals surface area contributed by atoms with Crippen molar-refractivity contribution in [1.29, 1.82) is 0 Å². The van der Waals surface area contributed by atoms with Crippen molar-refractivity contribution in [2.24, 2.45) is 0 Å². The highest BCUT2D eigenvalue weighted by molar-refractivity contribution is 7.94. The number of sulfone groups is 1. The van der Waals surface area contributed by atoms with Crippen LogP contribution in [-0.4, -0.2) is 73.0 Å². The van der Waals surface area contributed by atoms with Gasteiger partial charge in [0.2, 0.25) is 12.2 Å². The van der Waals surface area contributed by atoms with Gasteiger partial charge in [-0.15, -0.1) is 0 Å². The van der Waals surface area contributed by atoms with E-state index < -0.39 is 62.9 Å². The number of β-lactam (4-membered cyclic amide) rings is 1. The van der Waals surface area contributed by atoms with E-state index in [0.29, 0.717) is 0 Å². The summed E-state index contributed by atoms with van der Waals surface area (Å²) in [6.07, 6.45) is -2.72. The molecule has 0 aromatic heterocycles. The van der Waals surface area contributed by atoms with E-state index in [4.69, 9.17) is 14.2 Å². The predicted molar refractivity (Wildman–Crippen MR) is 86.7 cm³/mol. The molecule has 2 aliphatic rings. The van der Waals surface area contributed by atoms with Crippen molar-refractivity contribution >= 4 is 33.8 Å². The van der Waals surface area contributed by atoms with Crippen LogP contribution in [0.15, 0.2) is 0 Å². The van der Waals surface area contributed by atoms with Gasteiger partial charge in [-0.05, 0) is 13.8 Å². The average Bonchev–Trinajstić information content (AvgIpc) is 2.67. The molecule has 0 bridgehead atoms. The van der Waals surface area contributed by atoms with Crippen LogP contribution in [0.25, 0.3) is 0 Å². The number of hydrogen-bond donors (Lipinski definition) is 0. The summed E-state index contributed by atoms with van der Waals surface area (Å²) in [6.45, 7) is 4.50. The average molecular weight is 407 g/mol. The zero-order valence-corrected chi connectivity index (χ0v) is 16.1. The van der Waals surface area contributed by atoms with Gasteiger partial charge in [0.25, 0.3) is 0 Å². The Hall–Kier alpha value is -2.37. The van der Waals surface area contributed by atoms with E-state index in [1.165, 1.54) is 13.8 Å². The first kappa shape index (κ1) is 20.9. The third kappa shape index (κ3) is 3.57. The molecule has 4 atom stereocenters. The van der Waals surface area contributed by atoms with E-state index >= 15 is 0 Å². The van der Waals surface area contributed by atoms with Gasteiger partial charge in [0, 0.05) is 13.8 Å². The maximum absolute atomic E-state index is 12.8. The standard InChI is InChI=1S/C15H21NO10S/c1-5-23-14(20)26-9(3)25-13(19)12-15(4,7-24-8(2)17)27(21,22)11-6-10(18)16(11)12/h9,11-12H,5-7H2,1-4H3/t9?,11-,12+,15+/m1/s1. The maximum atomic E-state index is 12.8. The molecule has 0 saturated carbocycles. The fourth-order valence-electron chi connectivity index (χ4n) is 3.04. The molecule has 0 radical (unpaired) electrons. The number of rotatable bonds is 6. The van der Waals surface area contributed by atoms with Gasteiger partial charge in [-0.25, -0.2) is 18.0 Å². The molecule has 1 unspecified atom stereocenters. The van der Waals surface area contributed by atoms with Crippen LogP contribution < -0.4 is 0 Å². The number of esters is 2. The third-order valence-electron chi connectivity index (χ3n) is 4.40. The number of carbonyl (C=O) groups is 4. The highest BCUT2D eigenvalue weighted by Gasteiger charge is 2.70. The summed E-state index contributed by atoms with van der Waals surface area (Å²) in [5, 5.41) is -1.19. The van der Waals surface area contributed by atoms with E-state index in [0.717, 1.165) is 11.8 Å².